The number of methoxy groups -OCH3 is 1. The number of para-hydroxylation sites is 2. The van der Waals surface area contributed by atoms with Crippen LogP contribution < -0.4 is 9.47 Å². The summed E-state index contributed by atoms with van der Waals surface area (Å²) >= 11 is 0. The Labute approximate surface area is 137 Å². The molecule has 0 unspecified atom stereocenters. The summed E-state index contributed by atoms with van der Waals surface area (Å²) in [5.41, 5.74) is 1.21. The highest BCUT2D eigenvalue weighted by molar-refractivity contribution is 5.70. The zero-order valence-corrected chi connectivity index (χ0v) is 12.8. The zero-order valence-electron chi connectivity index (χ0n) is 12.8. The van der Waals surface area contributed by atoms with E-state index in [0.717, 1.165) is 0 Å². The standard InChI is InChI=1S/C17H14N2O5/c1-22-13-8-4-2-6-11(13)16-18-17(24-19-16)12-7-3-5-9-14(12)23-10-15(20)21/h2-9H,10H2,1H3,(H,20,21). The summed E-state index contributed by atoms with van der Waals surface area (Å²) in [6.45, 7) is -0.454. The number of hydrogen-bond donors (Lipinski definition) is 1. The minimum absolute atomic E-state index is 0.233. The second-order valence-corrected chi connectivity index (χ2v) is 4.80. The summed E-state index contributed by atoms with van der Waals surface area (Å²) in [7, 11) is 1.56. The summed E-state index contributed by atoms with van der Waals surface area (Å²) < 4.78 is 15.9. The van der Waals surface area contributed by atoms with Crippen molar-refractivity contribution >= 4 is 5.97 Å². The van der Waals surface area contributed by atoms with Gasteiger partial charge in [0, 0.05) is 0 Å². The molecule has 0 saturated heterocycles. The van der Waals surface area contributed by atoms with Crippen molar-refractivity contribution in [2.24, 2.45) is 0 Å². The molecule has 0 radical (unpaired) electrons. The predicted octanol–water partition coefficient (Wildman–Crippen LogP) is 2.88. The number of hydrogen-bond acceptors (Lipinski definition) is 6. The normalized spacial score (nSPS) is 10.4. The van der Waals surface area contributed by atoms with Crippen LogP contribution in [0, 0.1) is 0 Å². The fourth-order valence-corrected chi connectivity index (χ4v) is 2.18. The number of benzene rings is 2. The number of ether oxygens (including phenoxy) is 2. The van der Waals surface area contributed by atoms with Crippen LogP contribution in [0.3, 0.4) is 0 Å². The molecule has 0 saturated carbocycles. The lowest BCUT2D eigenvalue weighted by Gasteiger charge is -2.06. The largest absolute Gasteiger partial charge is 0.496 e. The molecule has 3 aromatic rings. The number of carbonyl (C=O) groups is 1. The third kappa shape index (κ3) is 3.19. The van der Waals surface area contributed by atoms with Crippen molar-refractivity contribution in [3.8, 4) is 34.3 Å². The van der Waals surface area contributed by atoms with Crippen LogP contribution in [0.4, 0.5) is 0 Å². The van der Waals surface area contributed by atoms with E-state index in [1.807, 2.05) is 18.2 Å². The van der Waals surface area contributed by atoms with E-state index < -0.39 is 12.6 Å². The van der Waals surface area contributed by atoms with E-state index >= 15 is 0 Å². The van der Waals surface area contributed by atoms with E-state index in [-0.39, 0.29) is 5.89 Å². The van der Waals surface area contributed by atoms with Crippen molar-refractivity contribution < 1.29 is 23.9 Å². The van der Waals surface area contributed by atoms with Crippen LogP contribution >= 0.6 is 0 Å². The van der Waals surface area contributed by atoms with Gasteiger partial charge in [-0.2, -0.15) is 4.98 Å². The van der Waals surface area contributed by atoms with Crippen molar-refractivity contribution in [2.75, 3.05) is 13.7 Å². The number of rotatable bonds is 6. The Bertz CT molecular complexity index is 859. The molecule has 0 aliphatic carbocycles. The maximum Gasteiger partial charge on any atom is 0.341 e. The van der Waals surface area contributed by atoms with Gasteiger partial charge in [0.1, 0.15) is 11.5 Å². The third-order valence-corrected chi connectivity index (χ3v) is 3.24. The monoisotopic (exact) mass is 326 g/mol. The Morgan fingerprint density at radius 3 is 2.46 bits per heavy atom. The van der Waals surface area contributed by atoms with Crippen LogP contribution in [-0.2, 0) is 4.79 Å². The van der Waals surface area contributed by atoms with Crippen molar-refractivity contribution in [1.82, 2.24) is 10.1 Å². The predicted molar refractivity (Wildman–Crippen MR) is 84.9 cm³/mol. The molecule has 1 N–H and O–H groups in total. The van der Waals surface area contributed by atoms with Gasteiger partial charge in [0.2, 0.25) is 5.82 Å². The van der Waals surface area contributed by atoms with Crippen molar-refractivity contribution in [1.29, 1.82) is 0 Å². The minimum Gasteiger partial charge on any atom is -0.496 e. The highest BCUT2D eigenvalue weighted by atomic mass is 16.5. The molecule has 0 aliphatic rings. The van der Waals surface area contributed by atoms with Gasteiger partial charge in [0.15, 0.2) is 6.61 Å². The lowest BCUT2D eigenvalue weighted by Crippen LogP contribution is -2.09. The van der Waals surface area contributed by atoms with Crippen molar-refractivity contribution in [2.45, 2.75) is 0 Å². The molecule has 3 rings (SSSR count). The molecule has 0 spiro atoms. The summed E-state index contributed by atoms with van der Waals surface area (Å²) in [6, 6.07) is 14.2. The first kappa shape index (κ1) is 15.5. The lowest BCUT2D eigenvalue weighted by molar-refractivity contribution is -0.139. The Kier molecular flexibility index (Phi) is 4.42. The van der Waals surface area contributed by atoms with Crippen LogP contribution in [0.25, 0.3) is 22.8 Å². The minimum atomic E-state index is -1.06. The van der Waals surface area contributed by atoms with Gasteiger partial charge in [-0.15, -0.1) is 0 Å². The fraction of sp³-hybridized carbons (Fsp3) is 0.118. The molecule has 0 amide bonds. The first-order valence-electron chi connectivity index (χ1n) is 7.10. The maximum absolute atomic E-state index is 10.7. The fourth-order valence-electron chi connectivity index (χ4n) is 2.18. The van der Waals surface area contributed by atoms with Crippen LogP contribution in [-0.4, -0.2) is 34.9 Å². The highest BCUT2D eigenvalue weighted by Gasteiger charge is 2.17. The van der Waals surface area contributed by atoms with Gasteiger partial charge >= 0.3 is 5.97 Å². The van der Waals surface area contributed by atoms with Crippen molar-refractivity contribution in [3.05, 3.63) is 48.5 Å². The zero-order chi connectivity index (χ0) is 16.9. The lowest BCUT2D eigenvalue weighted by atomic mass is 10.2. The average Bonchev–Trinajstić information content (AvgIpc) is 3.10. The number of carboxylic acid groups (broad SMARTS) is 1. The van der Waals surface area contributed by atoms with E-state index in [0.29, 0.717) is 28.5 Å². The summed E-state index contributed by atoms with van der Waals surface area (Å²) in [5.74, 6) is 0.521. The molecule has 1 aromatic heterocycles. The number of aliphatic carboxylic acids is 1. The number of aromatic nitrogens is 2. The second kappa shape index (κ2) is 6.82. The van der Waals surface area contributed by atoms with Gasteiger partial charge in [0.25, 0.3) is 5.89 Å². The maximum atomic E-state index is 10.7. The van der Waals surface area contributed by atoms with Crippen LogP contribution in [0.15, 0.2) is 53.1 Å². The van der Waals surface area contributed by atoms with Gasteiger partial charge < -0.3 is 19.1 Å². The van der Waals surface area contributed by atoms with Gasteiger partial charge in [0.05, 0.1) is 18.2 Å². The SMILES string of the molecule is COc1ccccc1-c1noc(-c2ccccc2OCC(=O)O)n1. The quantitative estimate of drug-likeness (QED) is 0.744. The molecule has 0 fully saturated rings. The Balaban J connectivity index is 1.95. The molecule has 0 bridgehead atoms. The Hall–Kier alpha value is -3.35. The third-order valence-electron chi connectivity index (χ3n) is 3.24. The average molecular weight is 326 g/mol. The topological polar surface area (TPSA) is 94.7 Å². The summed E-state index contributed by atoms with van der Waals surface area (Å²) in [5, 5.41) is 12.7. The number of nitrogens with zero attached hydrogens (tertiary/aromatic N) is 2. The van der Waals surface area contributed by atoms with Crippen LogP contribution in [0.5, 0.6) is 11.5 Å². The van der Waals surface area contributed by atoms with E-state index in [1.165, 1.54) is 0 Å². The molecule has 24 heavy (non-hydrogen) atoms. The molecular weight excluding hydrogens is 312 g/mol. The van der Waals surface area contributed by atoms with E-state index in [1.54, 1.807) is 37.4 Å². The second-order valence-electron chi connectivity index (χ2n) is 4.80. The van der Waals surface area contributed by atoms with E-state index in [2.05, 4.69) is 10.1 Å². The molecule has 122 valence electrons. The summed E-state index contributed by atoms with van der Waals surface area (Å²) in [4.78, 5) is 15.1. The molecule has 7 nitrogen and oxygen atoms in total. The molecule has 0 aliphatic heterocycles. The van der Waals surface area contributed by atoms with E-state index in [9.17, 15) is 4.79 Å². The van der Waals surface area contributed by atoms with Crippen LogP contribution in [0.2, 0.25) is 0 Å². The van der Waals surface area contributed by atoms with Gasteiger partial charge in [-0.3, -0.25) is 0 Å². The Morgan fingerprint density at radius 2 is 1.75 bits per heavy atom. The van der Waals surface area contributed by atoms with Gasteiger partial charge in [-0.25, -0.2) is 4.79 Å². The molecule has 1 heterocycles. The van der Waals surface area contributed by atoms with E-state index in [4.69, 9.17) is 19.1 Å². The first-order chi connectivity index (χ1) is 11.7. The van der Waals surface area contributed by atoms with Crippen LogP contribution in [0.1, 0.15) is 0 Å². The molecule has 2 aromatic carbocycles. The number of carboxylic acids is 1. The summed E-state index contributed by atoms with van der Waals surface area (Å²) in [6.07, 6.45) is 0. The smallest absolute Gasteiger partial charge is 0.341 e. The molecular formula is C17H14N2O5. The Morgan fingerprint density at radius 1 is 1.08 bits per heavy atom. The van der Waals surface area contributed by atoms with Crippen molar-refractivity contribution in [3.63, 3.8) is 0 Å². The highest BCUT2D eigenvalue weighted by Crippen LogP contribution is 2.32. The molecule has 0 atom stereocenters. The molecule has 7 heteroatoms. The van der Waals surface area contributed by atoms with Gasteiger partial charge in [-0.05, 0) is 24.3 Å². The van der Waals surface area contributed by atoms with Gasteiger partial charge in [-0.1, -0.05) is 29.4 Å². The first-order valence-corrected chi connectivity index (χ1v) is 7.10.